The van der Waals surface area contributed by atoms with Gasteiger partial charge in [0, 0.05) is 16.8 Å². The van der Waals surface area contributed by atoms with Gasteiger partial charge in [-0.05, 0) is 48.1 Å². The zero-order valence-corrected chi connectivity index (χ0v) is 17.6. The smallest absolute Gasteiger partial charge is 0.245 e. The molecule has 0 spiro atoms. The molecule has 2 rings (SSSR count). The second-order valence-corrected chi connectivity index (χ2v) is 8.55. The third-order valence-corrected chi connectivity index (χ3v) is 4.34. The SMILES string of the molecule is O=C(/C=C\c1ccccc1)N[C@@H](NC(=S)Nc1ccc(Cl)cc1)C(Cl)(Cl)Cl. The molecule has 0 aliphatic carbocycles. The number of hydrogen-bond donors (Lipinski definition) is 3. The van der Waals surface area contributed by atoms with Crippen molar-refractivity contribution in [3.8, 4) is 0 Å². The van der Waals surface area contributed by atoms with Crippen LogP contribution in [0.25, 0.3) is 6.08 Å². The minimum atomic E-state index is -1.83. The summed E-state index contributed by atoms with van der Waals surface area (Å²) < 4.78 is -1.83. The van der Waals surface area contributed by atoms with Crippen molar-refractivity contribution in [1.82, 2.24) is 10.6 Å². The molecule has 0 saturated carbocycles. The molecule has 0 bridgehead atoms. The molecule has 1 atom stereocenters. The van der Waals surface area contributed by atoms with Crippen LogP contribution in [0.4, 0.5) is 5.69 Å². The minimum absolute atomic E-state index is 0.168. The van der Waals surface area contributed by atoms with Crippen LogP contribution in [0.3, 0.4) is 0 Å². The van der Waals surface area contributed by atoms with Crippen LogP contribution in [0.5, 0.6) is 0 Å². The van der Waals surface area contributed by atoms with Crippen molar-refractivity contribution in [2.45, 2.75) is 9.96 Å². The Morgan fingerprint density at radius 1 is 1.00 bits per heavy atom. The Labute approximate surface area is 182 Å². The summed E-state index contributed by atoms with van der Waals surface area (Å²) in [7, 11) is 0. The molecule has 0 heterocycles. The quantitative estimate of drug-likeness (QED) is 0.249. The average Bonchev–Trinajstić information content (AvgIpc) is 2.61. The van der Waals surface area contributed by atoms with Crippen LogP contribution in [0, 0.1) is 0 Å². The lowest BCUT2D eigenvalue weighted by molar-refractivity contribution is -0.117. The average molecular weight is 463 g/mol. The summed E-state index contributed by atoms with van der Waals surface area (Å²) in [5.74, 6) is -0.447. The summed E-state index contributed by atoms with van der Waals surface area (Å²) in [6, 6.07) is 16.2. The Hall–Kier alpha value is -1.50. The Kier molecular flexibility index (Phi) is 8.20. The molecule has 27 heavy (non-hydrogen) atoms. The fourth-order valence-electron chi connectivity index (χ4n) is 1.96. The Morgan fingerprint density at radius 3 is 2.22 bits per heavy atom. The molecule has 0 aliphatic heterocycles. The number of alkyl halides is 3. The highest BCUT2D eigenvalue weighted by molar-refractivity contribution is 7.80. The van der Waals surface area contributed by atoms with E-state index in [1.165, 1.54) is 6.08 Å². The third kappa shape index (κ3) is 7.95. The van der Waals surface area contributed by atoms with Crippen LogP contribution in [0.2, 0.25) is 5.02 Å². The first-order valence-electron chi connectivity index (χ1n) is 7.67. The maximum absolute atomic E-state index is 12.2. The summed E-state index contributed by atoms with van der Waals surface area (Å²) in [5, 5.41) is 9.03. The number of amides is 1. The molecular weight excluding hydrogens is 448 g/mol. The molecule has 0 saturated heterocycles. The number of carbonyl (C=O) groups is 1. The minimum Gasteiger partial charge on any atom is -0.339 e. The lowest BCUT2D eigenvalue weighted by Gasteiger charge is -2.27. The number of nitrogens with one attached hydrogen (secondary N) is 3. The molecule has 9 heteroatoms. The van der Waals surface area contributed by atoms with Crippen LogP contribution >= 0.6 is 58.6 Å². The van der Waals surface area contributed by atoms with Crippen molar-refractivity contribution in [2.75, 3.05) is 5.32 Å². The molecule has 2 aromatic rings. The van der Waals surface area contributed by atoms with Crippen molar-refractivity contribution in [2.24, 2.45) is 0 Å². The summed E-state index contributed by atoms with van der Waals surface area (Å²) >= 11 is 28.9. The molecule has 0 radical (unpaired) electrons. The van der Waals surface area contributed by atoms with Crippen molar-refractivity contribution >= 4 is 81.4 Å². The zero-order chi connectivity index (χ0) is 19.9. The van der Waals surface area contributed by atoms with Crippen molar-refractivity contribution in [1.29, 1.82) is 0 Å². The number of anilines is 1. The van der Waals surface area contributed by atoms with Gasteiger partial charge in [0.15, 0.2) is 5.11 Å². The van der Waals surface area contributed by atoms with Gasteiger partial charge in [-0.3, -0.25) is 4.79 Å². The number of rotatable bonds is 5. The standard InChI is InChI=1S/C18H15Cl4N3OS/c19-13-7-9-14(10-8-13)23-17(27)25-16(18(20,21)22)24-15(26)11-6-12-4-2-1-3-5-12/h1-11,16H,(H,24,26)(H2,23,25,27)/b11-6-/t16-/m0/s1. The van der Waals surface area contributed by atoms with E-state index in [9.17, 15) is 4.79 Å². The summed E-state index contributed by atoms with van der Waals surface area (Å²) in [6.45, 7) is 0. The Bertz CT molecular complexity index is 808. The van der Waals surface area contributed by atoms with Gasteiger partial charge in [0.25, 0.3) is 0 Å². The van der Waals surface area contributed by atoms with Gasteiger partial charge in [-0.1, -0.05) is 76.7 Å². The Morgan fingerprint density at radius 2 is 1.63 bits per heavy atom. The molecule has 2 aromatic carbocycles. The van der Waals surface area contributed by atoms with E-state index in [1.54, 1.807) is 30.3 Å². The molecule has 0 aromatic heterocycles. The summed E-state index contributed by atoms with van der Waals surface area (Å²) in [4.78, 5) is 12.2. The van der Waals surface area contributed by atoms with Gasteiger partial charge in [-0.25, -0.2) is 0 Å². The number of halogens is 4. The maximum Gasteiger partial charge on any atom is 0.245 e. The summed E-state index contributed by atoms with van der Waals surface area (Å²) in [5.41, 5.74) is 1.56. The van der Waals surface area contributed by atoms with Crippen LogP contribution in [0.15, 0.2) is 60.7 Å². The van der Waals surface area contributed by atoms with Crippen molar-refractivity contribution < 1.29 is 4.79 Å². The third-order valence-electron chi connectivity index (χ3n) is 3.22. The molecular formula is C18H15Cl4N3OS. The molecule has 4 nitrogen and oxygen atoms in total. The topological polar surface area (TPSA) is 53.2 Å². The monoisotopic (exact) mass is 461 g/mol. The van der Waals surface area contributed by atoms with Crippen LogP contribution in [0.1, 0.15) is 5.56 Å². The van der Waals surface area contributed by atoms with E-state index in [2.05, 4.69) is 16.0 Å². The van der Waals surface area contributed by atoms with E-state index in [0.717, 1.165) is 5.56 Å². The zero-order valence-electron chi connectivity index (χ0n) is 13.8. The lowest BCUT2D eigenvalue weighted by Crippen LogP contribution is -2.55. The van der Waals surface area contributed by atoms with Crippen molar-refractivity contribution in [3.63, 3.8) is 0 Å². The second kappa shape index (κ2) is 10.2. The molecule has 0 fully saturated rings. The normalized spacial score (nSPS) is 12.4. The molecule has 3 N–H and O–H groups in total. The van der Waals surface area contributed by atoms with Gasteiger partial charge in [-0.2, -0.15) is 0 Å². The van der Waals surface area contributed by atoms with E-state index in [-0.39, 0.29) is 5.11 Å². The highest BCUT2D eigenvalue weighted by Crippen LogP contribution is 2.29. The van der Waals surface area contributed by atoms with E-state index >= 15 is 0 Å². The van der Waals surface area contributed by atoms with E-state index in [4.69, 9.17) is 58.6 Å². The van der Waals surface area contributed by atoms with Gasteiger partial charge >= 0.3 is 0 Å². The fourth-order valence-corrected chi connectivity index (χ4v) is 2.65. The predicted molar refractivity (Wildman–Crippen MR) is 119 cm³/mol. The Balaban J connectivity index is 1.98. The molecule has 142 valence electrons. The molecule has 0 unspecified atom stereocenters. The van der Waals surface area contributed by atoms with Gasteiger partial charge in [0.1, 0.15) is 6.17 Å². The van der Waals surface area contributed by atoms with Gasteiger partial charge < -0.3 is 16.0 Å². The largest absolute Gasteiger partial charge is 0.339 e. The molecule has 1 amide bonds. The number of thiocarbonyl (C=S) groups is 1. The number of benzene rings is 2. The van der Waals surface area contributed by atoms with Crippen LogP contribution in [-0.2, 0) is 4.79 Å². The number of carbonyl (C=O) groups excluding carboxylic acids is 1. The first kappa shape index (κ1) is 21.8. The first-order chi connectivity index (χ1) is 12.7. The fraction of sp³-hybridized carbons (Fsp3) is 0.111. The van der Waals surface area contributed by atoms with Gasteiger partial charge in [-0.15, -0.1) is 0 Å². The lowest BCUT2D eigenvalue weighted by atomic mass is 10.2. The predicted octanol–water partition coefficient (Wildman–Crippen LogP) is 5.15. The van der Waals surface area contributed by atoms with Crippen molar-refractivity contribution in [3.05, 3.63) is 71.3 Å². The van der Waals surface area contributed by atoms with E-state index < -0.39 is 15.9 Å². The highest BCUT2D eigenvalue weighted by Gasteiger charge is 2.34. The van der Waals surface area contributed by atoms with Gasteiger partial charge in [0.2, 0.25) is 9.70 Å². The highest BCUT2D eigenvalue weighted by atomic mass is 35.6. The van der Waals surface area contributed by atoms with E-state index in [0.29, 0.717) is 10.7 Å². The summed E-state index contributed by atoms with van der Waals surface area (Å²) in [6.07, 6.45) is 1.94. The van der Waals surface area contributed by atoms with Gasteiger partial charge in [0.05, 0.1) is 0 Å². The maximum atomic E-state index is 12.2. The van der Waals surface area contributed by atoms with E-state index in [1.807, 2.05) is 30.3 Å². The second-order valence-electron chi connectivity index (χ2n) is 5.33. The van der Waals surface area contributed by atoms with Crippen LogP contribution in [-0.4, -0.2) is 21.0 Å². The van der Waals surface area contributed by atoms with Crippen LogP contribution < -0.4 is 16.0 Å². The molecule has 0 aliphatic rings. The first-order valence-corrected chi connectivity index (χ1v) is 9.59. The number of hydrogen-bond acceptors (Lipinski definition) is 2.